The minimum Gasteiger partial charge on any atom is -0.359 e. The molecule has 0 bridgehead atoms. The van der Waals surface area contributed by atoms with Crippen LogP contribution in [0, 0.1) is 11.3 Å². The lowest BCUT2D eigenvalue weighted by molar-refractivity contribution is -0.127. The molecular formula is C25H42N6O2. The molecule has 2 aliphatic rings. The number of hydrogen-bond donors (Lipinski definition) is 2. The molecule has 1 aromatic rings. The molecule has 1 unspecified atom stereocenters. The molecule has 1 atom stereocenters. The van der Waals surface area contributed by atoms with Crippen LogP contribution in [0.15, 0.2) is 6.08 Å². The smallest absolute Gasteiger partial charge is 0.271 e. The molecule has 2 N–H and O–H groups in total. The van der Waals surface area contributed by atoms with Gasteiger partial charge in [0, 0.05) is 33.2 Å². The number of nitrogens with one attached hydrogen (secondary N) is 2. The number of carbonyl (C=O) groups excluding carboxylic acids is 2. The Hall–Kier alpha value is -2.19. The van der Waals surface area contributed by atoms with Crippen molar-refractivity contribution in [2.75, 3.05) is 46.8 Å². The van der Waals surface area contributed by atoms with E-state index in [1.165, 1.54) is 19.3 Å². The molecule has 3 rings (SSSR count). The summed E-state index contributed by atoms with van der Waals surface area (Å²) in [5, 5.41) is 5.72. The van der Waals surface area contributed by atoms with Crippen molar-refractivity contribution in [1.82, 2.24) is 30.0 Å². The molecule has 33 heavy (non-hydrogen) atoms. The van der Waals surface area contributed by atoms with Crippen LogP contribution in [-0.2, 0) is 17.9 Å². The number of fused-ring (bicyclic) bond motifs is 1. The quantitative estimate of drug-likeness (QED) is 0.656. The standard InChI is InChI=1S/C25H42N6O2/c1-25(2,3)19(23(32)26-4)17-27-24(33)22-20-18-29(5)12-10-16-31(20)21(28-22)11-9-15-30-13-7-6-8-14-30/h9,11,19H,6-8,10,12-18H2,1-5H3,(H,26,32)(H,27,33)/b11-9+. The van der Waals surface area contributed by atoms with Gasteiger partial charge in [-0.25, -0.2) is 4.98 Å². The predicted molar refractivity (Wildman–Crippen MR) is 132 cm³/mol. The van der Waals surface area contributed by atoms with Crippen molar-refractivity contribution in [3.63, 3.8) is 0 Å². The minimum absolute atomic E-state index is 0.0625. The van der Waals surface area contributed by atoms with E-state index in [9.17, 15) is 9.59 Å². The third-order valence-electron chi connectivity index (χ3n) is 6.81. The van der Waals surface area contributed by atoms with E-state index in [4.69, 9.17) is 4.98 Å². The molecule has 2 aliphatic heterocycles. The van der Waals surface area contributed by atoms with E-state index in [1.807, 2.05) is 20.8 Å². The minimum atomic E-state index is -0.320. The highest BCUT2D eigenvalue weighted by atomic mass is 16.2. The van der Waals surface area contributed by atoms with Crippen LogP contribution in [0.1, 0.15) is 68.5 Å². The first-order chi connectivity index (χ1) is 15.7. The number of hydrogen-bond acceptors (Lipinski definition) is 5. The highest BCUT2D eigenvalue weighted by Gasteiger charge is 2.32. The molecule has 0 aliphatic carbocycles. The summed E-state index contributed by atoms with van der Waals surface area (Å²) in [6, 6.07) is 0. The van der Waals surface area contributed by atoms with Crippen molar-refractivity contribution in [2.45, 2.75) is 59.5 Å². The zero-order valence-electron chi connectivity index (χ0n) is 21.1. The molecule has 184 valence electrons. The zero-order chi connectivity index (χ0) is 24.0. The van der Waals surface area contributed by atoms with Crippen LogP contribution in [0.3, 0.4) is 0 Å². The summed E-state index contributed by atoms with van der Waals surface area (Å²) < 4.78 is 2.20. The fourth-order valence-corrected chi connectivity index (χ4v) is 4.75. The number of aromatic nitrogens is 2. The molecule has 0 saturated carbocycles. The van der Waals surface area contributed by atoms with E-state index in [-0.39, 0.29) is 29.7 Å². The van der Waals surface area contributed by atoms with Crippen molar-refractivity contribution in [2.24, 2.45) is 11.3 Å². The number of likely N-dealkylation sites (tertiary alicyclic amines) is 1. The Bertz CT molecular complexity index is 848. The highest BCUT2D eigenvalue weighted by molar-refractivity contribution is 5.94. The Morgan fingerprint density at radius 3 is 2.48 bits per heavy atom. The first-order valence-electron chi connectivity index (χ1n) is 12.4. The Balaban J connectivity index is 1.78. The number of rotatable bonds is 7. The molecule has 8 nitrogen and oxygen atoms in total. The van der Waals surface area contributed by atoms with Crippen molar-refractivity contribution in [3.05, 3.63) is 23.3 Å². The van der Waals surface area contributed by atoms with E-state index in [0.717, 1.165) is 50.7 Å². The lowest BCUT2D eigenvalue weighted by Gasteiger charge is -2.29. The molecule has 0 spiro atoms. The van der Waals surface area contributed by atoms with Gasteiger partial charge < -0.3 is 20.1 Å². The summed E-state index contributed by atoms with van der Waals surface area (Å²) in [6.07, 6.45) is 9.15. The van der Waals surface area contributed by atoms with E-state index >= 15 is 0 Å². The molecule has 2 amide bonds. The van der Waals surface area contributed by atoms with E-state index in [2.05, 4.69) is 44.2 Å². The van der Waals surface area contributed by atoms with E-state index in [0.29, 0.717) is 12.2 Å². The molecule has 3 heterocycles. The van der Waals surface area contributed by atoms with Crippen molar-refractivity contribution in [3.8, 4) is 0 Å². The first kappa shape index (κ1) is 25.4. The average Bonchev–Trinajstić information content (AvgIpc) is 2.98. The van der Waals surface area contributed by atoms with Crippen molar-refractivity contribution >= 4 is 17.9 Å². The summed E-state index contributed by atoms with van der Waals surface area (Å²) in [5.41, 5.74) is 1.17. The van der Waals surface area contributed by atoms with Crippen LogP contribution >= 0.6 is 0 Å². The number of piperidine rings is 1. The second-order valence-electron chi connectivity index (χ2n) is 10.5. The van der Waals surface area contributed by atoms with Gasteiger partial charge in [0.05, 0.1) is 11.6 Å². The molecule has 1 fully saturated rings. The van der Waals surface area contributed by atoms with Gasteiger partial charge in [0.15, 0.2) is 5.69 Å². The van der Waals surface area contributed by atoms with Gasteiger partial charge >= 0.3 is 0 Å². The number of amides is 2. The maximum Gasteiger partial charge on any atom is 0.271 e. The fourth-order valence-electron chi connectivity index (χ4n) is 4.75. The summed E-state index contributed by atoms with van der Waals surface area (Å²) in [5.74, 6) is 0.260. The second-order valence-corrected chi connectivity index (χ2v) is 10.5. The van der Waals surface area contributed by atoms with E-state index < -0.39 is 0 Å². The maximum absolute atomic E-state index is 13.2. The van der Waals surface area contributed by atoms with Gasteiger partial charge in [0.1, 0.15) is 5.82 Å². The van der Waals surface area contributed by atoms with Crippen molar-refractivity contribution < 1.29 is 9.59 Å². The second kappa shape index (κ2) is 11.3. The van der Waals surface area contributed by atoms with Crippen molar-refractivity contribution in [1.29, 1.82) is 0 Å². The average molecular weight is 459 g/mol. The molecule has 1 saturated heterocycles. The summed E-state index contributed by atoms with van der Waals surface area (Å²) in [7, 11) is 3.72. The summed E-state index contributed by atoms with van der Waals surface area (Å²) >= 11 is 0. The van der Waals surface area contributed by atoms with Crippen LogP contribution in [-0.4, -0.2) is 78.0 Å². The topological polar surface area (TPSA) is 82.5 Å². The monoisotopic (exact) mass is 458 g/mol. The van der Waals surface area contributed by atoms with Gasteiger partial charge in [0.25, 0.3) is 5.91 Å². The van der Waals surface area contributed by atoms with Gasteiger partial charge in [-0.1, -0.05) is 33.3 Å². The normalized spacial score (nSPS) is 19.2. The van der Waals surface area contributed by atoms with Crippen LogP contribution < -0.4 is 10.6 Å². The van der Waals surface area contributed by atoms with Gasteiger partial charge in [-0.2, -0.15) is 0 Å². The zero-order valence-corrected chi connectivity index (χ0v) is 21.1. The predicted octanol–water partition coefficient (Wildman–Crippen LogP) is 2.36. The number of nitrogens with zero attached hydrogens (tertiary/aromatic N) is 4. The Kier molecular flexibility index (Phi) is 8.70. The molecule has 8 heteroatoms. The number of imidazole rings is 1. The number of carbonyl (C=O) groups is 2. The third-order valence-corrected chi connectivity index (χ3v) is 6.81. The highest BCUT2D eigenvalue weighted by Crippen LogP contribution is 2.26. The van der Waals surface area contributed by atoms with Gasteiger partial charge in [0.2, 0.25) is 5.91 Å². The van der Waals surface area contributed by atoms with Crippen LogP contribution in [0.4, 0.5) is 0 Å². The summed E-state index contributed by atoms with van der Waals surface area (Å²) in [4.78, 5) is 35.1. The van der Waals surface area contributed by atoms with Gasteiger partial charge in [-0.15, -0.1) is 0 Å². The van der Waals surface area contributed by atoms with E-state index in [1.54, 1.807) is 7.05 Å². The SMILES string of the molecule is CNC(=O)C(CNC(=O)c1nc(/C=C/CN2CCCCC2)n2c1CN(C)CCC2)C(C)(C)C. The van der Waals surface area contributed by atoms with Gasteiger partial charge in [-0.3, -0.25) is 14.5 Å². The van der Waals surface area contributed by atoms with Crippen LogP contribution in [0.5, 0.6) is 0 Å². The fraction of sp³-hybridized carbons (Fsp3) is 0.720. The van der Waals surface area contributed by atoms with Crippen LogP contribution in [0.2, 0.25) is 0 Å². The first-order valence-corrected chi connectivity index (χ1v) is 12.4. The van der Waals surface area contributed by atoms with Crippen LogP contribution in [0.25, 0.3) is 6.08 Å². The lowest BCUT2D eigenvalue weighted by Crippen LogP contribution is -2.44. The molecule has 0 radical (unpaired) electrons. The Morgan fingerprint density at radius 2 is 1.82 bits per heavy atom. The Labute approximate surface area is 198 Å². The Morgan fingerprint density at radius 1 is 1.09 bits per heavy atom. The summed E-state index contributed by atoms with van der Waals surface area (Å²) in [6.45, 7) is 12.1. The maximum atomic E-state index is 13.2. The molecular weight excluding hydrogens is 416 g/mol. The third kappa shape index (κ3) is 6.67. The lowest BCUT2D eigenvalue weighted by atomic mass is 9.80. The largest absolute Gasteiger partial charge is 0.359 e. The van der Waals surface area contributed by atoms with Gasteiger partial charge in [-0.05, 0) is 57.4 Å². The molecule has 1 aromatic heterocycles. The molecule has 0 aromatic carbocycles.